The summed E-state index contributed by atoms with van der Waals surface area (Å²) in [5, 5.41) is 16.3. The summed E-state index contributed by atoms with van der Waals surface area (Å²) in [7, 11) is 0. The summed E-state index contributed by atoms with van der Waals surface area (Å²) in [6, 6.07) is 16.0. The van der Waals surface area contributed by atoms with Crippen LogP contribution < -0.4 is 14.8 Å². The molecule has 7 nitrogen and oxygen atoms in total. The Bertz CT molecular complexity index is 879. The van der Waals surface area contributed by atoms with Crippen LogP contribution in [0.25, 0.3) is 5.69 Å². The standard InChI is InChI=1S/C21H27N5O2S.ClH/c1-3-27-19-12-11-17(15-20(19)28-4-2)16-22-13-8-14-29-21-23-24-25-26(21)18-9-6-5-7-10-18;/h5-7,9-12,15,22H,3-4,8,13-14,16H2,1-2H3;1H. The van der Waals surface area contributed by atoms with E-state index in [1.807, 2.05) is 56.3 Å². The lowest BCUT2D eigenvalue weighted by molar-refractivity contribution is 0.287. The molecule has 1 N–H and O–H groups in total. The van der Waals surface area contributed by atoms with E-state index in [-0.39, 0.29) is 12.4 Å². The van der Waals surface area contributed by atoms with Crippen LogP contribution in [0, 0.1) is 0 Å². The van der Waals surface area contributed by atoms with Gasteiger partial charge >= 0.3 is 0 Å². The van der Waals surface area contributed by atoms with Gasteiger partial charge in [-0.2, -0.15) is 4.68 Å². The number of hydrogen-bond donors (Lipinski definition) is 1. The first-order chi connectivity index (χ1) is 14.3. The van der Waals surface area contributed by atoms with Gasteiger partial charge in [0.05, 0.1) is 18.9 Å². The number of thioether (sulfide) groups is 1. The van der Waals surface area contributed by atoms with Crippen LogP contribution >= 0.6 is 24.2 Å². The quantitative estimate of drug-likeness (QED) is 0.329. The van der Waals surface area contributed by atoms with Gasteiger partial charge in [-0.15, -0.1) is 17.5 Å². The number of benzene rings is 2. The minimum absolute atomic E-state index is 0. The van der Waals surface area contributed by atoms with Crippen molar-refractivity contribution in [2.45, 2.75) is 32.0 Å². The van der Waals surface area contributed by atoms with Gasteiger partial charge in [0.1, 0.15) is 0 Å². The number of nitrogens with zero attached hydrogens (tertiary/aromatic N) is 4. The Morgan fingerprint density at radius 3 is 2.53 bits per heavy atom. The minimum atomic E-state index is 0. The van der Waals surface area contributed by atoms with Gasteiger partial charge in [-0.25, -0.2) is 0 Å². The van der Waals surface area contributed by atoms with Crippen molar-refractivity contribution in [3.05, 3.63) is 54.1 Å². The first-order valence-electron chi connectivity index (χ1n) is 9.87. The number of para-hydroxylation sites is 1. The molecule has 0 spiro atoms. The molecule has 2 aromatic carbocycles. The van der Waals surface area contributed by atoms with Crippen molar-refractivity contribution in [1.29, 1.82) is 0 Å². The summed E-state index contributed by atoms with van der Waals surface area (Å²) in [4.78, 5) is 0. The van der Waals surface area contributed by atoms with Crippen molar-refractivity contribution < 1.29 is 9.47 Å². The fraction of sp³-hybridized carbons (Fsp3) is 0.381. The van der Waals surface area contributed by atoms with Gasteiger partial charge in [-0.1, -0.05) is 36.0 Å². The maximum atomic E-state index is 5.69. The first kappa shape index (κ1) is 24.0. The van der Waals surface area contributed by atoms with Crippen molar-refractivity contribution in [3.8, 4) is 17.2 Å². The van der Waals surface area contributed by atoms with E-state index in [4.69, 9.17) is 9.47 Å². The SMILES string of the molecule is CCOc1ccc(CNCCCSc2nnnn2-c2ccccc2)cc1OCC.Cl. The minimum Gasteiger partial charge on any atom is -0.490 e. The van der Waals surface area contributed by atoms with Gasteiger partial charge in [0, 0.05) is 12.3 Å². The fourth-order valence-corrected chi connectivity index (χ4v) is 3.63. The smallest absolute Gasteiger partial charge is 0.214 e. The van der Waals surface area contributed by atoms with E-state index in [1.165, 1.54) is 5.56 Å². The molecule has 0 atom stereocenters. The topological polar surface area (TPSA) is 74.1 Å². The molecule has 3 rings (SSSR count). The monoisotopic (exact) mass is 449 g/mol. The predicted octanol–water partition coefficient (Wildman–Crippen LogP) is 4.15. The van der Waals surface area contributed by atoms with Gasteiger partial charge in [-0.05, 0) is 67.1 Å². The number of ether oxygens (including phenoxy) is 2. The van der Waals surface area contributed by atoms with E-state index in [1.54, 1.807) is 16.4 Å². The molecule has 0 aliphatic heterocycles. The summed E-state index contributed by atoms with van der Waals surface area (Å²) < 4.78 is 13.1. The third-order valence-corrected chi connectivity index (χ3v) is 5.11. The number of aromatic nitrogens is 4. The molecule has 1 aromatic heterocycles. The number of hydrogen-bond acceptors (Lipinski definition) is 7. The Morgan fingerprint density at radius 2 is 1.77 bits per heavy atom. The van der Waals surface area contributed by atoms with Crippen LogP contribution in [-0.2, 0) is 6.54 Å². The lowest BCUT2D eigenvalue weighted by atomic mass is 10.2. The molecule has 0 unspecified atom stereocenters. The van der Waals surface area contributed by atoms with Gasteiger partial charge in [-0.3, -0.25) is 0 Å². The Hall–Kier alpha value is -2.29. The fourth-order valence-electron chi connectivity index (χ4n) is 2.80. The lowest BCUT2D eigenvalue weighted by Gasteiger charge is -2.12. The van der Waals surface area contributed by atoms with E-state index < -0.39 is 0 Å². The third-order valence-electron chi connectivity index (χ3n) is 4.11. The third kappa shape index (κ3) is 6.90. The number of tetrazole rings is 1. The molecular formula is C21H28ClN5O2S. The highest BCUT2D eigenvalue weighted by molar-refractivity contribution is 7.99. The van der Waals surface area contributed by atoms with Crippen molar-refractivity contribution in [2.75, 3.05) is 25.5 Å². The molecule has 0 saturated carbocycles. The normalized spacial score (nSPS) is 10.5. The van der Waals surface area contributed by atoms with Crippen LogP contribution in [0.3, 0.4) is 0 Å². The summed E-state index contributed by atoms with van der Waals surface area (Å²) in [6.07, 6.45) is 1.02. The molecule has 0 aliphatic carbocycles. The molecule has 0 bridgehead atoms. The van der Waals surface area contributed by atoms with Crippen molar-refractivity contribution in [2.24, 2.45) is 0 Å². The summed E-state index contributed by atoms with van der Waals surface area (Å²) >= 11 is 1.66. The van der Waals surface area contributed by atoms with Crippen molar-refractivity contribution in [3.63, 3.8) is 0 Å². The molecule has 3 aromatic rings. The maximum Gasteiger partial charge on any atom is 0.214 e. The van der Waals surface area contributed by atoms with Gasteiger partial charge in [0.2, 0.25) is 5.16 Å². The predicted molar refractivity (Wildman–Crippen MR) is 122 cm³/mol. The van der Waals surface area contributed by atoms with Crippen LogP contribution in [0.4, 0.5) is 0 Å². The summed E-state index contributed by atoms with van der Waals surface area (Å²) in [6.45, 7) is 6.91. The van der Waals surface area contributed by atoms with Crippen LogP contribution in [-0.4, -0.2) is 45.7 Å². The van der Waals surface area contributed by atoms with Gasteiger partial charge in [0.25, 0.3) is 0 Å². The zero-order chi connectivity index (χ0) is 20.3. The van der Waals surface area contributed by atoms with Crippen molar-refractivity contribution >= 4 is 24.2 Å². The maximum absolute atomic E-state index is 5.69. The van der Waals surface area contributed by atoms with E-state index >= 15 is 0 Å². The van der Waals surface area contributed by atoms with Crippen LogP contribution in [0.1, 0.15) is 25.8 Å². The van der Waals surface area contributed by atoms with Crippen LogP contribution in [0.5, 0.6) is 11.5 Å². The zero-order valence-electron chi connectivity index (χ0n) is 17.3. The average molecular weight is 450 g/mol. The molecule has 30 heavy (non-hydrogen) atoms. The second kappa shape index (κ2) is 13.1. The van der Waals surface area contributed by atoms with Crippen molar-refractivity contribution in [1.82, 2.24) is 25.5 Å². The lowest BCUT2D eigenvalue weighted by Crippen LogP contribution is -2.15. The molecule has 162 valence electrons. The second-order valence-electron chi connectivity index (χ2n) is 6.23. The number of nitrogens with one attached hydrogen (secondary N) is 1. The molecule has 0 aliphatic rings. The van der Waals surface area contributed by atoms with Gasteiger partial charge < -0.3 is 14.8 Å². The molecule has 9 heteroatoms. The van der Waals surface area contributed by atoms with E-state index in [2.05, 4.69) is 26.9 Å². The number of rotatable bonds is 12. The number of halogens is 1. The first-order valence-corrected chi connectivity index (χ1v) is 10.9. The highest BCUT2D eigenvalue weighted by atomic mass is 35.5. The highest BCUT2D eigenvalue weighted by Gasteiger charge is 2.08. The largest absolute Gasteiger partial charge is 0.490 e. The van der Waals surface area contributed by atoms with Crippen LogP contribution in [0.15, 0.2) is 53.7 Å². The Kier molecular flexibility index (Phi) is 10.5. The molecular weight excluding hydrogens is 422 g/mol. The molecule has 1 heterocycles. The molecule has 0 saturated heterocycles. The highest BCUT2D eigenvalue weighted by Crippen LogP contribution is 2.28. The Labute approximate surface area is 188 Å². The van der Waals surface area contributed by atoms with E-state index in [0.29, 0.717) is 13.2 Å². The summed E-state index contributed by atoms with van der Waals surface area (Å²) in [5.41, 5.74) is 2.15. The molecule has 0 radical (unpaired) electrons. The average Bonchev–Trinajstić information content (AvgIpc) is 3.22. The van der Waals surface area contributed by atoms with E-state index in [0.717, 1.165) is 47.6 Å². The second-order valence-corrected chi connectivity index (χ2v) is 7.30. The Balaban J connectivity index is 0.00000320. The van der Waals surface area contributed by atoms with Crippen LogP contribution in [0.2, 0.25) is 0 Å². The Morgan fingerprint density at radius 1 is 1.00 bits per heavy atom. The summed E-state index contributed by atoms with van der Waals surface area (Å²) in [5.74, 6) is 2.54. The molecule has 0 fully saturated rings. The van der Waals surface area contributed by atoms with E-state index in [9.17, 15) is 0 Å². The van der Waals surface area contributed by atoms with Gasteiger partial charge in [0.15, 0.2) is 11.5 Å². The molecule has 0 amide bonds. The zero-order valence-corrected chi connectivity index (χ0v) is 18.9.